The summed E-state index contributed by atoms with van der Waals surface area (Å²) < 4.78 is 38.6. The Kier molecular flexibility index (Phi) is 5.20. The van der Waals surface area contributed by atoms with E-state index in [0.29, 0.717) is 0 Å². The maximum Gasteiger partial charge on any atom is 0.416 e. The molecule has 1 unspecified atom stereocenters. The van der Waals surface area contributed by atoms with Gasteiger partial charge in [-0.15, -0.1) is 0 Å². The molecule has 3 aromatic rings. The van der Waals surface area contributed by atoms with Gasteiger partial charge in [-0.2, -0.15) is 18.4 Å². The molecule has 27 heavy (non-hydrogen) atoms. The van der Waals surface area contributed by atoms with Gasteiger partial charge >= 0.3 is 6.18 Å². The zero-order valence-electron chi connectivity index (χ0n) is 14.2. The van der Waals surface area contributed by atoms with Gasteiger partial charge in [-0.1, -0.05) is 35.9 Å². The number of aryl methyl sites for hydroxylation is 1. The summed E-state index contributed by atoms with van der Waals surface area (Å²) in [6.07, 6.45) is -4.23. The molecule has 140 valence electrons. The first-order chi connectivity index (χ1) is 12.8. The van der Waals surface area contributed by atoms with E-state index in [0.717, 1.165) is 23.3 Å². The molecule has 1 amide bonds. The average molecular weight is 374 g/mol. The molecular weight excluding hydrogens is 359 g/mol. The number of carbonyl (C=O) groups is 1. The molecule has 0 fully saturated rings. The number of amides is 1. The van der Waals surface area contributed by atoms with Crippen molar-refractivity contribution in [1.82, 2.24) is 20.6 Å². The predicted molar refractivity (Wildman–Crippen MR) is 90.8 cm³/mol. The van der Waals surface area contributed by atoms with Crippen molar-refractivity contribution < 1.29 is 18.0 Å². The van der Waals surface area contributed by atoms with Crippen molar-refractivity contribution in [3.63, 3.8) is 0 Å². The van der Waals surface area contributed by atoms with Gasteiger partial charge in [0.2, 0.25) is 5.91 Å². The van der Waals surface area contributed by atoms with E-state index in [4.69, 9.17) is 0 Å². The summed E-state index contributed by atoms with van der Waals surface area (Å²) in [4.78, 5) is 12.7. The molecule has 0 saturated heterocycles. The molecule has 2 aromatic carbocycles. The molecule has 6 nitrogen and oxygen atoms in total. The summed E-state index contributed by atoms with van der Waals surface area (Å²) in [6.45, 7) is 1.94. The van der Waals surface area contributed by atoms with Crippen LogP contribution in [0.15, 0.2) is 48.5 Å². The van der Waals surface area contributed by atoms with Gasteiger partial charge in [0.25, 0.3) is 0 Å². The van der Waals surface area contributed by atoms with Crippen LogP contribution in [0.25, 0.3) is 0 Å². The number of nitrogens with one attached hydrogen (secondary N) is 1. The van der Waals surface area contributed by atoms with Gasteiger partial charge in [0.1, 0.15) is 0 Å². The normalized spacial score (nSPS) is 12.6. The molecule has 1 heterocycles. The Hall–Kier alpha value is -3.23. The van der Waals surface area contributed by atoms with Crippen LogP contribution in [0.3, 0.4) is 0 Å². The first-order valence-corrected chi connectivity index (χ1v) is 8.05. The van der Waals surface area contributed by atoms with Gasteiger partial charge in [-0.05, 0) is 37.1 Å². The lowest BCUT2D eigenvalue weighted by molar-refractivity contribution is -0.137. The first kappa shape index (κ1) is 18.6. The maximum atomic E-state index is 12.9. The fourth-order valence-corrected chi connectivity index (χ4v) is 2.55. The fourth-order valence-electron chi connectivity index (χ4n) is 2.55. The van der Waals surface area contributed by atoms with E-state index in [9.17, 15) is 18.0 Å². The number of halogens is 3. The predicted octanol–water partition coefficient (Wildman–Crippen LogP) is 3.12. The number of benzene rings is 2. The van der Waals surface area contributed by atoms with Crippen LogP contribution in [-0.2, 0) is 17.4 Å². The Bertz CT molecular complexity index is 908. The van der Waals surface area contributed by atoms with E-state index in [2.05, 4.69) is 25.9 Å². The van der Waals surface area contributed by atoms with Crippen LogP contribution in [0, 0.1) is 6.92 Å². The van der Waals surface area contributed by atoms with Crippen molar-refractivity contribution >= 4 is 11.6 Å². The third-order valence-electron chi connectivity index (χ3n) is 3.98. The molecule has 0 aliphatic carbocycles. The SMILES string of the molecule is Cc1ccc(CC(C(=O)Nc2cccc(C(F)(F)F)c2)c2nnn[n-]2)cc1. The Morgan fingerprint density at radius 1 is 1.19 bits per heavy atom. The van der Waals surface area contributed by atoms with E-state index in [1.54, 1.807) is 0 Å². The Balaban J connectivity index is 1.82. The Labute approximate surface area is 152 Å². The van der Waals surface area contributed by atoms with Crippen LogP contribution in [0.2, 0.25) is 0 Å². The number of hydrogen-bond donors (Lipinski definition) is 1. The number of carbonyl (C=O) groups excluding carboxylic acids is 1. The third-order valence-corrected chi connectivity index (χ3v) is 3.98. The minimum Gasteiger partial charge on any atom is -0.335 e. The van der Waals surface area contributed by atoms with Crippen LogP contribution in [0.1, 0.15) is 28.4 Å². The highest BCUT2D eigenvalue weighted by molar-refractivity contribution is 5.95. The highest BCUT2D eigenvalue weighted by atomic mass is 19.4. The van der Waals surface area contributed by atoms with E-state index in [1.807, 2.05) is 31.2 Å². The summed E-state index contributed by atoms with van der Waals surface area (Å²) in [5.41, 5.74) is 1.12. The summed E-state index contributed by atoms with van der Waals surface area (Å²) >= 11 is 0. The second kappa shape index (κ2) is 7.56. The molecule has 1 aromatic heterocycles. The zero-order chi connectivity index (χ0) is 19.4. The average Bonchev–Trinajstić information content (AvgIpc) is 3.15. The van der Waals surface area contributed by atoms with Crippen molar-refractivity contribution in [2.75, 3.05) is 5.32 Å². The van der Waals surface area contributed by atoms with Crippen LogP contribution in [-0.4, -0.2) is 21.4 Å². The molecule has 0 spiro atoms. The fraction of sp³-hybridized carbons (Fsp3) is 0.222. The van der Waals surface area contributed by atoms with E-state index >= 15 is 0 Å². The molecule has 0 radical (unpaired) electrons. The number of alkyl halides is 3. The monoisotopic (exact) mass is 374 g/mol. The summed E-state index contributed by atoms with van der Waals surface area (Å²) in [5.74, 6) is -1.26. The number of anilines is 1. The van der Waals surface area contributed by atoms with Gasteiger partial charge in [-0.25, -0.2) is 0 Å². The van der Waals surface area contributed by atoms with Gasteiger partial charge < -0.3 is 10.4 Å². The molecular formula is C18H15F3N5O-. The highest BCUT2D eigenvalue weighted by Gasteiger charge is 2.30. The highest BCUT2D eigenvalue weighted by Crippen LogP contribution is 2.31. The minimum absolute atomic E-state index is 0.0382. The lowest BCUT2D eigenvalue weighted by Gasteiger charge is -2.18. The standard InChI is InChI=1S/C18H16F3N5O/c1-11-5-7-12(8-6-11)9-15(16-23-25-26-24-16)17(27)22-14-4-2-3-13(10-14)18(19,20)21/h2-8,10,15H,9H2,1H3,(H2,22,23,24,25,26,27)/p-1. The molecule has 3 rings (SSSR count). The van der Waals surface area contributed by atoms with Crippen LogP contribution >= 0.6 is 0 Å². The molecule has 1 N–H and O–H groups in total. The Morgan fingerprint density at radius 2 is 1.93 bits per heavy atom. The molecule has 0 saturated carbocycles. The Morgan fingerprint density at radius 3 is 2.56 bits per heavy atom. The van der Waals surface area contributed by atoms with Gasteiger partial charge in [0, 0.05) is 11.5 Å². The second-order valence-electron chi connectivity index (χ2n) is 6.05. The van der Waals surface area contributed by atoms with Crippen LogP contribution < -0.4 is 10.4 Å². The van der Waals surface area contributed by atoms with Crippen molar-refractivity contribution in [3.8, 4) is 0 Å². The summed E-state index contributed by atoms with van der Waals surface area (Å²) in [5, 5.41) is 16.8. The minimum atomic E-state index is -4.50. The molecule has 0 aliphatic heterocycles. The zero-order valence-corrected chi connectivity index (χ0v) is 14.2. The molecule has 1 atom stereocenters. The van der Waals surface area contributed by atoms with Crippen molar-refractivity contribution in [2.45, 2.75) is 25.4 Å². The number of aromatic nitrogens is 4. The number of nitrogens with zero attached hydrogens (tertiary/aromatic N) is 4. The topological polar surface area (TPSA) is 81.9 Å². The lowest BCUT2D eigenvalue weighted by atomic mass is 9.97. The second-order valence-corrected chi connectivity index (χ2v) is 6.05. The number of rotatable bonds is 5. The molecule has 0 bridgehead atoms. The van der Waals surface area contributed by atoms with Gasteiger partial charge in [0.05, 0.1) is 11.5 Å². The van der Waals surface area contributed by atoms with Gasteiger partial charge in [0.15, 0.2) is 0 Å². The summed E-state index contributed by atoms with van der Waals surface area (Å²) in [7, 11) is 0. The first-order valence-electron chi connectivity index (χ1n) is 8.05. The lowest BCUT2D eigenvalue weighted by Crippen LogP contribution is -2.24. The van der Waals surface area contributed by atoms with Crippen molar-refractivity contribution in [2.24, 2.45) is 0 Å². The smallest absolute Gasteiger partial charge is 0.335 e. The molecule has 9 heteroatoms. The van der Waals surface area contributed by atoms with Crippen molar-refractivity contribution in [3.05, 3.63) is 71.0 Å². The number of hydrogen-bond acceptors (Lipinski definition) is 4. The van der Waals surface area contributed by atoms with E-state index < -0.39 is 23.6 Å². The molecule has 0 aliphatic rings. The largest absolute Gasteiger partial charge is 0.416 e. The quantitative estimate of drug-likeness (QED) is 0.742. The van der Waals surface area contributed by atoms with Gasteiger partial charge in [-0.3, -0.25) is 15.1 Å². The van der Waals surface area contributed by atoms with E-state index in [-0.39, 0.29) is 17.9 Å². The maximum absolute atomic E-state index is 12.9. The summed E-state index contributed by atoms with van der Waals surface area (Å²) in [6, 6.07) is 12.0. The van der Waals surface area contributed by atoms with Crippen LogP contribution in [0.5, 0.6) is 0 Å². The van der Waals surface area contributed by atoms with E-state index in [1.165, 1.54) is 12.1 Å². The van der Waals surface area contributed by atoms with Crippen molar-refractivity contribution in [1.29, 1.82) is 0 Å². The third kappa shape index (κ3) is 4.69. The van der Waals surface area contributed by atoms with Crippen LogP contribution in [0.4, 0.5) is 18.9 Å². The number of tetrazole rings is 1.